The summed E-state index contributed by atoms with van der Waals surface area (Å²) in [6, 6.07) is 30.0. The molecule has 0 aliphatic rings. The molecule has 4 aromatic carbocycles. The number of hydrogen-bond acceptors (Lipinski definition) is 6. The standard InChI is InChI=1S/C37H37N3O5S/c1-4-5-23-45-37(44)29-15-17-30(18-16-29)38-34(41)26(3)46-32-21-19-31(20-22-32)39-36(43)33(24-27-13-11-25(2)12-14-27)40-35(42)28-9-7-6-8-10-28/h6-22,24,26H,4-5,23H2,1-3H3,(H,38,41)(H,39,43)(H,40,42)/b33-24-. The molecular formula is C37H37N3O5S. The van der Waals surface area contributed by atoms with E-state index in [4.69, 9.17) is 4.74 Å². The summed E-state index contributed by atoms with van der Waals surface area (Å²) in [6.45, 7) is 6.18. The SMILES string of the molecule is CCCCOC(=O)c1ccc(NC(=O)C(C)Sc2ccc(NC(=O)/C(=C/c3ccc(C)cc3)NC(=O)c3ccccc3)cc2)cc1. The maximum atomic E-state index is 13.3. The van der Waals surface area contributed by atoms with Gasteiger partial charge in [-0.3, -0.25) is 14.4 Å². The van der Waals surface area contributed by atoms with Crippen LogP contribution < -0.4 is 16.0 Å². The Morgan fingerprint density at radius 2 is 1.41 bits per heavy atom. The van der Waals surface area contributed by atoms with Crippen molar-refractivity contribution in [3.05, 3.63) is 131 Å². The highest BCUT2D eigenvalue weighted by molar-refractivity contribution is 8.00. The van der Waals surface area contributed by atoms with Gasteiger partial charge in [0.05, 0.1) is 17.4 Å². The first-order chi connectivity index (χ1) is 22.2. The molecule has 3 amide bonds. The maximum absolute atomic E-state index is 13.3. The fourth-order valence-corrected chi connectivity index (χ4v) is 5.04. The lowest BCUT2D eigenvalue weighted by Crippen LogP contribution is -2.30. The van der Waals surface area contributed by atoms with E-state index in [1.54, 1.807) is 73.7 Å². The number of unbranched alkanes of at least 4 members (excludes halogenated alkanes) is 1. The summed E-state index contributed by atoms with van der Waals surface area (Å²) in [7, 11) is 0. The maximum Gasteiger partial charge on any atom is 0.338 e. The van der Waals surface area contributed by atoms with E-state index >= 15 is 0 Å². The number of rotatable bonds is 13. The third-order valence-electron chi connectivity index (χ3n) is 6.83. The van der Waals surface area contributed by atoms with Crippen LogP contribution in [-0.2, 0) is 14.3 Å². The van der Waals surface area contributed by atoms with Gasteiger partial charge in [-0.05, 0) is 92.6 Å². The average Bonchev–Trinajstić information content (AvgIpc) is 3.07. The highest BCUT2D eigenvalue weighted by Gasteiger charge is 2.17. The molecule has 0 saturated carbocycles. The molecule has 0 aromatic heterocycles. The van der Waals surface area contributed by atoms with Gasteiger partial charge in [0.2, 0.25) is 5.91 Å². The number of carbonyl (C=O) groups excluding carboxylic acids is 4. The molecule has 3 N–H and O–H groups in total. The number of anilines is 2. The van der Waals surface area contributed by atoms with Crippen LogP contribution in [0.25, 0.3) is 6.08 Å². The van der Waals surface area contributed by atoms with Gasteiger partial charge < -0.3 is 20.7 Å². The topological polar surface area (TPSA) is 114 Å². The van der Waals surface area contributed by atoms with Crippen LogP contribution in [0.5, 0.6) is 0 Å². The van der Waals surface area contributed by atoms with E-state index in [0.29, 0.717) is 29.1 Å². The molecule has 0 aliphatic heterocycles. The largest absolute Gasteiger partial charge is 0.462 e. The number of carbonyl (C=O) groups is 4. The zero-order valence-corrected chi connectivity index (χ0v) is 26.9. The predicted molar refractivity (Wildman–Crippen MR) is 184 cm³/mol. The molecular weight excluding hydrogens is 598 g/mol. The zero-order chi connectivity index (χ0) is 32.9. The number of esters is 1. The number of aryl methyl sites for hydroxylation is 1. The summed E-state index contributed by atoms with van der Waals surface area (Å²) in [4.78, 5) is 52.0. The normalized spacial score (nSPS) is 11.7. The van der Waals surface area contributed by atoms with Gasteiger partial charge in [-0.2, -0.15) is 0 Å². The summed E-state index contributed by atoms with van der Waals surface area (Å²) in [5.41, 5.74) is 3.92. The van der Waals surface area contributed by atoms with Crippen molar-refractivity contribution in [1.29, 1.82) is 0 Å². The fourth-order valence-electron chi connectivity index (χ4n) is 4.17. The van der Waals surface area contributed by atoms with E-state index < -0.39 is 17.1 Å². The molecule has 8 nitrogen and oxygen atoms in total. The monoisotopic (exact) mass is 635 g/mol. The second-order valence-corrected chi connectivity index (χ2v) is 12.0. The van der Waals surface area contributed by atoms with Crippen LogP contribution in [0.3, 0.4) is 0 Å². The van der Waals surface area contributed by atoms with E-state index in [1.807, 2.05) is 56.3 Å². The van der Waals surface area contributed by atoms with Crippen LogP contribution in [0.4, 0.5) is 11.4 Å². The molecule has 46 heavy (non-hydrogen) atoms. The van der Waals surface area contributed by atoms with Crippen molar-refractivity contribution in [3.63, 3.8) is 0 Å². The number of thioether (sulfide) groups is 1. The highest BCUT2D eigenvalue weighted by atomic mass is 32.2. The lowest BCUT2D eigenvalue weighted by Gasteiger charge is -2.14. The smallest absolute Gasteiger partial charge is 0.338 e. The van der Waals surface area contributed by atoms with Gasteiger partial charge >= 0.3 is 5.97 Å². The molecule has 0 saturated heterocycles. The molecule has 0 fully saturated rings. The Bertz CT molecular complexity index is 1670. The third kappa shape index (κ3) is 10.2. The summed E-state index contributed by atoms with van der Waals surface area (Å²) in [5.74, 6) is -1.45. The fraction of sp³-hybridized carbons (Fsp3) is 0.189. The summed E-state index contributed by atoms with van der Waals surface area (Å²) >= 11 is 1.37. The van der Waals surface area contributed by atoms with Crippen molar-refractivity contribution in [2.24, 2.45) is 0 Å². The van der Waals surface area contributed by atoms with Crippen molar-refractivity contribution in [3.8, 4) is 0 Å². The lowest BCUT2D eigenvalue weighted by atomic mass is 10.1. The molecule has 236 valence electrons. The van der Waals surface area contributed by atoms with Crippen molar-refractivity contribution >= 4 is 52.9 Å². The number of nitrogens with one attached hydrogen (secondary N) is 3. The van der Waals surface area contributed by atoms with Crippen molar-refractivity contribution in [1.82, 2.24) is 5.32 Å². The van der Waals surface area contributed by atoms with E-state index in [1.165, 1.54) is 11.8 Å². The first-order valence-corrected chi connectivity index (χ1v) is 15.9. The van der Waals surface area contributed by atoms with Gasteiger partial charge in [-0.1, -0.05) is 61.4 Å². The average molecular weight is 636 g/mol. The van der Waals surface area contributed by atoms with Gasteiger partial charge in [-0.15, -0.1) is 11.8 Å². The Morgan fingerprint density at radius 3 is 2.07 bits per heavy atom. The molecule has 0 bridgehead atoms. The van der Waals surface area contributed by atoms with E-state index in [2.05, 4.69) is 16.0 Å². The summed E-state index contributed by atoms with van der Waals surface area (Å²) in [5, 5.41) is 8.04. The van der Waals surface area contributed by atoms with Gasteiger partial charge in [0.15, 0.2) is 0 Å². The number of ether oxygens (including phenoxy) is 1. The van der Waals surface area contributed by atoms with Gasteiger partial charge in [0, 0.05) is 21.8 Å². The zero-order valence-electron chi connectivity index (χ0n) is 26.0. The second-order valence-electron chi connectivity index (χ2n) is 10.6. The minimum absolute atomic E-state index is 0.0999. The first kappa shape index (κ1) is 33.7. The van der Waals surface area contributed by atoms with Gasteiger partial charge in [-0.25, -0.2) is 4.79 Å². The van der Waals surface area contributed by atoms with Crippen LogP contribution in [0.15, 0.2) is 114 Å². The Balaban J connectivity index is 1.35. The number of hydrogen-bond donors (Lipinski definition) is 3. The van der Waals surface area contributed by atoms with Crippen LogP contribution in [0.2, 0.25) is 0 Å². The molecule has 1 unspecified atom stereocenters. The van der Waals surface area contributed by atoms with E-state index in [9.17, 15) is 19.2 Å². The predicted octanol–water partition coefficient (Wildman–Crippen LogP) is 7.48. The minimum Gasteiger partial charge on any atom is -0.462 e. The molecule has 0 spiro atoms. The van der Waals surface area contributed by atoms with Crippen LogP contribution in [0.1, 0.15) is 58.5 Å². The van der Waals surface area contributed by atoms with Gasteiger partial charge in [0.1, 0.15) is 5.70 Å². The van der Waals surface area contributed by atoms with E-state index in [0.717, 1.165) is 28.9 Å². The lowest BCUT2D eigenvalue weighted by molar-refractivity contribution is -0.115. The quantitative estimate of drug-likeness (QED) is 0.0608. The number of benzene rings is 4. The van der Waals surface area contributed by atoms with Crippen LogP contribution in [-0.4, -0.2) is 35.5 Å². The molecule has 4 aromatic rings. The minimum atomic E-state index is -0.474. The third-order valence-corrected chi connectivity index (χ3v) is 7.94. The second kappa shape index (κ2) is 16.8. The Morgan fingerprint density at radius 1 is 0.783 bits per heavy atom. The van der Waals surface area contributed by atoms with Gasteiger partial charge in [0.25, 0.3) is 11.8 Å². The van der Waals surface area contributed by atoms with Crippen molar-refractivity contribution in [2.45, 2.75) is 43.8 Å². The van der Waals surface area contributed by atoms with E-state index in [-0.39, 0.29) is 17.6 Å². The molecule has 0 heterocycles. The molecule has 4 rings (SSSR count). The summed E-state index contributed by atoms with van der Waals surface area (Å²) in [6.07, 6.45) is 3.39. The number of amides is 3. The molecule has 9 heteroatoms. The van der Waals surface area contributed by atoms with Crippen molar-refractivity contribution < 1.29 is 23.9 Å². The van der Waals surface area contributed by atoms with Crippen LogP contribution >= 0.6 is 11.8 Å². The summed E-state index contributed by atoms with van der Waals surface area (Å²) < 4.78 is 5.22. The highest BCUT2D eigenvalue weighted by Crippen LogP contribution is 2.26. The Kier molecular flexibility index (Phi) is 12.3. The molecule has 1 atom stereocenters. The van der Waals surface area contributed by atoms with Crippen LogP contribution in [0, 0.1) is 6.92 Å². The Labute approximate surface area is 273 Å². The Hall–Kier alpha value is -5.15. The van der Waals surface area contributed by atoms with Crippen molar-refractivity contribution in [2.75, 3.05) is 17.2 Å². The molecule has 0 radical (unpaired) electrons. The first-order valence-electron chi connectivity index (χ1n) is 15.0. The molecule has 0 aliphatic carbocycles.